The summed E-state index contributed by atoms with van der Waals surface area (Å²) in [5.74, 6) is 0. The standard InChI is InChI=1S/C16H11Cl2N3/c17-12-1-3-14-11(9-21-16(14)6-12)8-20-13-2-4-15(18)10(5-13)7-19/h1-6,9,20-21H,8H2. The van der Waals surface area contributed by atoms with Crippen LogP contribution >= 0.6 is 23.2 Å². The van der Waals surface area contributed by atoms with Gasteiger partial charge in [0.25, 0.3) is 0 Å². The van der Waals surface area contributed by atoms with Gasteiger partial charge in [-0.1, -0.05) is 29.3 Å². The molecule has 0 aliphatic carbocycles. The van der Waals surface area contributed by atoms with Crippen LogP contribution in [0.5, 0.6) is 0 Å². The molecular formula is C16H11Cl2N3. The van der Waals surface area contributed by atoms with Crippen molar-refractivity contribution in [3.8, 4) is 6.07 Å². The van der Waals surface area contributed by atoms with Gasteiger partial charge in [0.15, 0.2) is 0 Å². The van der Waals surface area contributed by atoms with Gasteiger partial charge in [-0.05, 0) is 35.9 Å². The molecule has 1 aromatic heterocycles. The maximum absolute atomic E-state index is 8.98. The number of benzene rings is 2. The van der Waals surface area contributed by atoms with Gasteiger partial charge in [0.1, 0.15) is 6.07 Å². The molecule has 1 heterocycles. The lowest BCUT2D eigenvalue weighted by Gasteiger charge is -2.06. The fourth-order valence-corrected chi connectivity index (χ4v) is 2.55. The van der Waals surface area contributed by atoms with Crippen molar-refractivity contribution >= 4 is 39.8 Å². The lowest BCUT2D eigenvalue weighted by molar-refractivity contribution is 1.16. The van der Waals surface area contributed by atoms with Gasteiger partial charge in [0.05, 0.1) is 10.6 Å². The molecule has 0 radical (unpaired) electrons. The smallest absolute Gasteiger partial charge is 0.101 e. The average molecular weight is 316 g/mol. The summed E-state index contributed by atoms with van der Waals surface area (Å²) in [6.07, 6.45) is 1.95. The van der Waals surface area contributed by atoms with E-state index >= 15 is 0 Å². The number of halogens is 2. The number of rotatable bonds is 3. The van der Waals surface area contributed by atoms with Crippen molar-refractivity contribution in [2.24, 2.45) is 0 Å². The van der Waals surface area contributed by atoms with Crippen molar-refractivity contribution in [2.45, 2.75) is 6.54 Å². The molecule has 0 bridgehead atoms. The zero-order valence-electron chi connectivity index (χ0n) is 11.0. The first-order valence-electron chi connectivity index (χ1n) is 6.36. The molecule has 104 valence electrons. The monoisotopic (exact) mass is 315 g/mol. The Morgan fingerprint density at radius 3 is 2.81 bits per heavy atom. The summed E-state index contributed by atoms with van der Waals surface area (Å²) in [5.41, 5.74) is 3.47. The number of anilines is 1. The van der Waals surface area contributed by atoms with Crippen molar-refractivity contribution in [1.29, 1.82) is 5.26 Å². The Kier molecular flexibility index (Phi) is 3.74. The third-order valence-corrected chi connectivity index (χ3v) is 3.86. The predicted octanol–water partition coefficient (Wildman–Crippen LogP) is 4.96. The molecule has 0 saturated heterocycles. The SMILES string of the molecule is N#Cc1cc(NCc2c[nH]c3cc(Cl)ccc23)ccc1Cl. The molecule has 0 amide bonds. The maximum atomic E-state index is 8.98. The molecule has 0 saturated carbocycles. The summed E-state index contributed by atoms with van der Waals surface area (Å²) in [4.78, 5) is 3.20. The van der Waals surface area contributed by atoms with Gasteiger partial charge in [-0.25, -0.2) is 0 Å². The molecule has 0 atom stereocenters. The lowest BCUT2D eigenvalue weighted by Crippen LogP contribution is -1.99. The number of aromatic nitrogens is 1. The molecule has 3 aromatic rings. The number of fused-ring (bicyclic) bond motifs is 1. The van der Waals surface area contributed by atoms with Crippen molar-refractivity contribution in [3.63, 3.8) is 0 Å². The minimum atomic E-state index is 0.463. The number of nitrogens with one attached hydrogen (secondary N) is 2. The maximum Gasteiger partial charge on any atom is 0.101 e. The highest BCUT2D eigenvalue weighted by molar-refractivity contribution is 6.32. The first-order chi connectivity index (χ1) is 10.2. The van der Waals surface area contributed by atoms with Gasteiger partial charge < -0.3 is 10.3 Å². The zero-order chi connectivity index (χ0) is 14.8. The lowest BCUT2D eigenvalue weighted by atomic mass is 10.1. The molecule has 3 rings (SSSR count). The van der Waals surface area contributed by atoms with E-state index in [0.717, 1.165) is 22.2 Å². The second kappa shape index (κ2) is 5.69. The van der Waals surface area contributed by atoms with E-state index in [1.807, 2.05) is 30.5 Å². The third kappa shape index (κ3) is 2.82. The van der Waals surface area contributed by atoms with E-state index in [-0.39, 0.29) is 0 Å². The van der Waals surface area contributed by atoms with Gasteiger partial charge in [-0.3, -0.25) is 0 Å². The summed E-state index contributed by atoms with van der Waals surface area (Å²) < 4.78 is 0. The number of nitriles is 1. The molecule has 5 heteroatoms. The van der Waals surface area contributed by atoms with Crippen LogP contribution in [0.25, 0.3) is 10.9 Å². The van der Waals surface area contributed by atoms with Gasteiger partial charge in [-0.15, -0.1) is 0 Å². The minimum absolute atomic E-state index is 0.463. The van der Waals surface area contributed by atoms with Crippen molar-refractivity contribution in [3.05, 3.63) is 63.8 Å². The summed E-state index contributed by atoms with van der Waals surface area (Å²) in [7, 11) is 0. The van der Waals surface area contributed by atoms with Gasteiger partial charge in [-0.2, -0.15) is 5.26 Å². The van der Waals surface area contributed by atoms with E-state index in [1.54, 1.807) is 12.1 Å². The molecule has 0 spiro atoms. The summed E-state index contributed by atoms with van der Waals surface area (Å²) in [5, 5.41) is 14.6. The van der Waals surface area contributed by atoms with Crippen LogP contribution in [0.1, 0.15) is 11.1 Å². The Bertz CT molecular complexity index is 846. The van der Waals surface area contributed by atoms with Crippen molar-refractivity contribution in [1.82, 2.24) is 4.98 Å². The van der Waals surface area contributed by atoms with Crippen LogP contribution in [-0.2, 0) is 6.54 Å². The number of H-pyrrole nitrogens is 1. The Morgan fingerprint density at radius 1 is 1.14 bits per heavy atom. The average Bonchev–Trinajstić information content (AvgIpc) is 2.88. The number of hydrogen-bond acceptors (Lipinski definition) is 2. The first-order valence-corrected chi connectivity index (χ1v) is 7.12. The van der Waals surface area contributed by atoms with Gasteiger partial charge >= 0.3 is 0 Å². The van der Waals surface area contributed by atoms with E-state index in [0.29, 0.717) is 22.2 Å². The van der Waals surface area contributed by atoms with E-state index in [2.05, 4.69) is 16.4 Å². The summed E-state index contributed by atoms with van der Waals surface area (Å²) in [6.45, 7) is 0.647. The van der Waals surface area contributed by atoms with Crippen LogP contribution in [0.2, 0.25) is 10.0 Å². The van der Waals surface area contributed by atoms with Crippen molar-refractivity contribution in [2.75, 3.05) is 5.32 Å². The third-order valence-electron chi connectivity index (χ3n) is 3.30. The van der Waals surface area contributed by atoms with E-state index in [9.17, 15) is 0 Å². The number of aromatic amines is 1. The number of nitrogens with zero attached hydrogens (tertiary/aromatic N) is 1. The molecule has 0 unspecified atom stereocenters. The molecule has 2 aromatic carbocycles. The minimum Gasteiger partial charge on any atom is -0.381 e. The first kappa shape index (κ1) is 13.8. The normalized spacial score (nSPS) is 10.5. The molecule has 0 aliphatic rings. The van der Waals surface area contributed by atoms with E-state index < -0.39 is 0 Å². The van der Waals surface area contributed by atoms with Crippen LogP contribution in [0.15, 0.2) is 42.6 Å². The second-order valence-electron chi connectivity index (χ2n) is 4.66. The van der Waals surface area contributed by atoms with Crippen LogP contribution in [0.3, 0.4) is 0 Å². The summed E-state index contributed by atoms with van der Waals surface area (Å²) in [6, 6.07) is 13.2. The van der Waals surface area contributed by atoms with Gasteiger partial charge in [0, 0.05) is 34.4 Å². The molecular weight excluding hydrogens is 305 g/mol. The highest BCUT2D eigenvalue weighted by Crippen LogP contribution is 2.24. The molecule has 2 N–H and O–H groups in total. The molecule has 3 nitrogen and oxygen atoms in total. The highest BCUT2D eigenvalue weighted by Gasteiger charge is 2.05. The molecule has 0 aliphatic heterocycles. The largest absolute Gasteiger partial charge is 0.381 e. The second-order valence-corrected chi connectivity index (χ2v) is 5.51. The quantitative estimate of drug-likeness (QED) is 0.717. The Balaban J connectivity index is 1.82. The molecule has 0 fully saturated rings. The Labute approximate surface area is 132 Å². The topological polar surface area (TPSA) is 51.6 Å². The fourth-order valence-electron chi connectivity index (χ4n) is 2.22. The van der Waals surface area contributed by atoms with Crippen LogP contribution < -0.4 is 5.32 Å². The van der Waals surface area contributed by atoms with Crippen LogP contribution in [0, 0.1) is 11.3 Å². The van der Waals surface area contributed by atoms with E-state index in [4.69, 9.17) is 28.5 Å². The Morgan fingerprint density at radius 2 is 2.00 bits per heavy atom. The zero-order valence-corrected chi connectivity index (χ0v) is 12.5. The molecule has 21 heavy (non-hydrogen) atoms. The van der Waals surface area contributed by atoms with Gasteiger partial charge in [0.2, 0.25) is 0 Å². The Hall–Kier alpha value is -2.15. The van der Waals surface area contributed by atoms with Crippen LogP contribution in [-0.4, -0.2) is 4.98 Å². The predicted molar refractivity (Wildman–Crippen MR) is 86.8 cm³/mol. The van der Waals surface area contributed by atoms with E-state index in [1.165, 1.54) is 0 Å². The fraction of sp³-hybridized carbons (Fsp3) is 0.0625. The highest BCUT2D eigenvalue weighted by atomic mass is 35.5. The van der Waals surface area contributed by atoms with Crippen molar-refractivity contribution < 1.29 is 0 Å². The number of hydrogen-bond donors (Lipinski definition) is 2. The van der Waals surface area contributed by atoms with Crippen LogP contribution in [0.4, 0.5) is 5.69 Å². The summed E-state index contributed by atoms with van der Waals surface area (Å²) >= 11 is 11.9.